The Hall–Kier alpha value is -0.470. The number of benzene rings is 1. The average molecular weight is 289 g/mol. The van der Waals surface area contributed by atoms with E-state index < -0.39 is 0 Å². The monoisotopic (exact) mass is 289 g/mol. The Bertz CT molecular complexity index is 463. The van der Waals surface area contributed by atoms with E-state index in [1.807, 2.05) is 0 Å². The summed E-state index contributed by atoms with van der Waals surface area (Å²) >= 11 is 2.06. The number of fused-ring (bicyclic) bond motifs is 2. The first-order chi connectivity index (χ1) is 9.81. The van der Waals surface area contributed by atoms with Gasteiger partial charge in [-0.2, -0.15) is 0 Å². The van der Waals surface area contributed by atoms with Crippen LogP contribution in [-0.4, -0.2) is 29.8 Å². The summed E-state index contributed by atoms with van der Waals surface area (Å²) in [6.07, 6.45) is 7.78. The van der Waals surface area contributed by atoms with Crippen molar-refractivity contribution in [2.45, 2.75) is 63.3 Å². The van der Waals surface area contributed by atoms with Crippen LogP contribution in [0.4, 0.5) is 0 Å². The maximum atomic E-state index is 2.74. The number of aryl methyl sites for hydroxylation is 2. The second-order valence-electron chi connectivity index (χ2n) is 6.26. The highest BCUT2D eigenvalue weighted by atomic mass is 32.2. The molecule has 1 aromatic carbocycles. The summed E-state index contributed by atoms with van der Waals surface area (Å²) in [5.74, 6) is 1.29. The van der Waals surface area contributed by atoms with Gasteiger partial charge in [-0.15, -0.1) is 11.8 Å². The molecule has 1 aliphatic heterocycles. The lowest BCUT2D eigenvalue weighted by Crippen LogP contribution is -2.40. The molecule has 3 rings (SSSR count). The highest BCUT2D eigenvalue weighted by Crippen LogP contribution is 2.36. The first kappa shape index (κ1) is 14.5. The third-order valence-corrected chi connectivity index (χ3v) is 5.85. The van der Waals surface area contributed by atoms with Crippen LogP contribution < -0.4 is 0 Å². The maximum Gasteiger partial charge on any atom is 0.0139 e. The summed E-state index contributed by atoms with van der Waals surface area (Å²) in [7, 11) is 0. The van der Waals surface area contributed by atoms with E-state index in [0.29, 0.717) is 0 Å². The fourth-order valence-electron chi connectivity index (χ4n) is 3.78. The van der Waals surface area contributed by atoms with Gasteiger partial charge in [0.1, 0.15) is 0 Å². The van der Waals surface area contributed by atoms with Crippen molar-refractivity contribution in [1.29, 1.82) is 0 Å². The molecular weight excluding hydrogens is 262 g/mol. The minimum Gasteiger partial charge on any atom is -0.300 e. The molecule has 1 atom stereocenters. The Labute approximate surface area is 128 Å². The predicted octanol–water partition coefficient (Wildman–Crippen LogP) is 4.31. The Morgan fingerprint density at radius 3 is 2.60 bits per heavy atom. The van der Waals surface area contributed by atoms with Gasteiger partial charge in [-0.3, -0.25) is 0 Å². The number of hydrogen-bond acceptors (Lipinski definition) is 2. The van der Waals surface area contributed by atoms with Crippen LogP contribution in [0.15, 0.2) is 17.0 Å². The van der Waals surface area contributed by atoms with Crippen molar-refractivity contribution in [1.82, 2.24) is 4.90 Å². The largest absolute Gasteiger partial charge is 0.300 e. The maximum absolute atomic E-state index is 2.74. The fraction of sp³-hybridized carbons (Fsp3) is 0.667. The van der Waals surface area contributed by atoms with Gasteiger partial charge in [0.15, 0.2) is 0 Å². The highest BCUT2D eigenvalue weighted by Gasteiger charge is 2.25. The number of hydrogen-bond donors (Lipinski definition) is 0. The lowest BCUT2D eigenvalue weighted by molar-refractivity contribution is 0.180. The quantitative estimate of drug-likeness (QED) is 0.794. The van der Waals surface area contributed by atoms with E-state index in [4.69, 9.17) is 0 Å². The van der Waals surface area contributed by atoms with Crippen molar-refractivity contribution in [2.75, 3.05) is 18.8 Å². The lowest BCUT2D eigenvalue weighted by atomic mass is 9.86. The van der Waals surface area contributed by atoms with E-state index in [9.17, 15) is 0 Å². The van der Waals surface area contributed by atoms with Crippen molar-refractivity contribution in [2.24, 2.45) is 0 Å². The molecule has 1 nitrogen and oxygen atoms in total. The molecule has 1 aromatic rings. The first-order valence-electron chi connectivity index (χ1n) is 8.33. The SMILES string of the molecule is CCCN(CCC)C1CCc2cc3c(cc2C1)SCC3. The normalized spacial score (nSPS) is 21.1. The Morgan fingerprint density at radius 2 is 1.85 bits per heavy atom. The van der Waals surface area contributed by atoms with E-state index in [1.165, 1.54) is 57.4 Å². The number of rotatable bonds is 5. The van der Waals surface area contributed by atoms with Gasteiger partial charge in [0.2, 0.25) is 0 Å². The molecule has 0 radical (unpaired) electrons. The van der Waals surface area contributed by atoms with Crippen LogP contribution in [0.3, 0.4) is 0 Å². The van der Waals surface area contributed by atoms with E-state index in [0.717, 1.165) is 6.04 Å². The molecule has 1 unspecified atom stereocenters. The molecular formula is C18H27NS. The van der Waals surface area contributed by atoms with E-state index in [-0.39, 0.29) is 0 Å². The molecule has 110 valence electrons. The second-order valence-corrected chi connectivity index (χ2v) is 7.40. The van der Waals surface area contributed by atoms with Crippen molar-refractivity contribution >= 4 is 11.8 Å². The highest BCUT2D eigenvalue weighted by molar-refractivity contribution is 7.99. The smallest absolute Gasteiger partial charge is 0.0139 e. The first-order valence-corrected chi connectivity index (χ1v) is 9.32. The van der Waals surface area contributed by atoms with Crippen molar-refractivity contribution in [3.8, 4) is 0 Å². The van der Waals surface area contributed by atoms with Gasteiger partial charge >= 0.3 is 0 Å². The summed E-state index contributed by atoms with van der Waals surface area (Å²) in [6, 6.07) is 5.82. The standard InChI is InChI=1S/C18H27NS/c1-3-8-19(9-4-2)17-6-5-14-11-15-7-10-20-18(15)13-16(14)12-17/h11,13,17H,3-10,12H2,1-2H3. The van der Waals surface area contributed by atoms with Gasteiger partial charge < -0.3 is 4.90 Å². The average Bonchev–Trinajstić information content (AvgIpc) is 2.91. The Morgan fingerprint density at radius 1 is 1.05 bits per heavy atom. The summed E-state index contributed by atoms with van der Waals surface area (Å²) in [5, 5.41) is 0. The second kappa shape index (κ2) is 6.53. The van der Waals surface area contributed by atoms with E-state index in [2.05, 4.69) is 42.6 Å². The molecule has 0 amide bonds. The zero-order valence-corrected chi connectivity index (χ0v) is 13.8. The molecule has 2 heteroatoms. The summed E-state index contributed by atoms with van der Waals surface area (Å²) in [4.78, 5) is 4.31. The van der Waals surface area contributed by atoms with E-state index in [1.54, 1.807) is 21.6 Å². The summed E-state index contributed by atoms with van der Waals surface area (Å²) in [5.41, 5.74) is 4.91. The lowest BCUT2D eigenvalue weighted by Gasteiger charge is -2.35. The third-order valence-electron chi connectivity index (χ3n) is 4.75. The van der Waals surface area contributed by atoms with Gasteiger partial charge in [-0.05, 0) is 74.4 Å². The zero-order valence-electron chi connectivity index (χ0n) is 13.0. The molecule has 20 heavy (non-hydrogen) atoms. The third kappa shape index (κ3) is 2.92. The van der Waals surface area contributed by atoms with Crippen molar-refractivity contribution in [3.05, 3.63) is 28.8 Å². The van der Waals surface area contributed by atoms with Crippen LogP contribution in [0.2, 0.25) is 0 Å². The Kier molecular flexibility index (Phi) is 4.72. The van der Waals surface area contributed by atoms with Crippen LogP contribution in [-0.2, 0) is 19.3 Å². The topological polar surface area (TPSA) is 3.24 Å². The predicted molar refractivity (Wildman–Crippen MR) is 88.8 cm³/mol. The van der Waals surface area contributed by atoms with Crippen LogP contribution in [0.25, 0.3) is 0 Å². The molecule has 0 spiro atoms. The van der Waals surface area contributed by atoms with Crippen LogP contribution >= 0.6 is 11.8 Å². The van der Waals surface area contributed by atoms with Crippen LogP contribution in [0.5, 0.6) is 0 Å². The number of thioether (sulfide) groups is 1. The summed E-state index contributed by atoms with van der Waals surface area (Å²) in [6.45, 7) is 7.16. The molecule has 0 saturated carbocycles. The number of nitrogens with zero attached hydrogens (tertiary/aromatic N) is 1. The molecule has 0 saturated heterocycles. The van der Waals surface area contributed by atoms with Gasteiger partial charge in [-0.1, -0.05) is 19.9 Å². The van der Waals surface area contributed by atoms with E-state index >= 15 is 0 Å². The fourth-order valence-corrected chi connectivity index (χ4v) is 4.90. The summed E-state index contributed by atoms with van der Waals surface area (Å²) < 4.78 is 0. The van der Waals surface area contributed by atoms with Gasteiger partial charge in [0.25, 0.3) is 0 Å². The van der Waals surface area contributed by atoms with Gasteiger partial charge in [0.05, 0.1) is 0 Å². The molecule has 2 aliphatic rings. The van der Waals surface area contributed by atoms with Gasteiger partial charge in [0, 0.05) is 16.7 Å². The van der Waals surface area contributed by atoms with Crippen molar-refractivity contribution in [3.63, 3.8) is 0 Å². The molecule has 0 bridgehead atoms. The molecule has 0 N–H and O–H groups in total. The zero-order chi connectivity index (χ0) is 13.9. The molecule has 0 fully saturated rings. The Balaban J connectivity index is 1.77. The minimum atomic E-state index is 0.784. The van der Waals surface area contributed by atoms with Crippen molar-refractivity contribution < 1.29 is 0 Å². The van der Waals surface area contributed by atoms with Crippen LogP contribution in [0.1, 0.15) is 49.8 Å². The minimum absolute atomic E-state index is 0.784. The van der Waals surface area contributed by atoms with Crippen LogP contribution in [0, 0.1) is 0 Å². The molecule has 1 aliphatic carbocycles. The molecule has 1 heterocycles. The molecule has 0 aromatic heterocycles. The van der Waals surface area contributed by atoms with Gasteiger partial charge in [-0.25, -0.2) is 0 Å².